The molecular weight excluding hydrogens is 237 g/mol. The standard InChI is InChI=1S/C13H16FNO3/c14-9-3-1-8(2-4-9)13(18)11(7-12(16)17)15-10-5-6-10/h1-4,10-11,13,15,18H,5-7H2,(H,16,17). The van der Waals surface area contributed by atoms with Crippen molar-refractivity contribution in [3.8, 4) is 0 Å². The molecule has 3 N–H and O–H groups in total. The molecule has 5 heteroatoms. The molecule has 0 aliphatic heterocycles. The maximum absolute atomic E-state index is 12.8. The number of nitrogens with one attached hydrogen (secondary N) is 1. The zero-order valence-corrected chi connectivity index (χ0v) is 9.84. The van der Waals surface area contributed by atoms with Crippen LogP contribution in [0.1, 0.15) is 30.9 Å². The molecule has 2 atom stereocenters. The maximum Gasteiger partial charge on any atom is 0.305 e. The molecule has 0 spiro atoms. The number of carbonyl (C=O) groups is 1. The summed E-state index contributed by atoms with van der Waals surface area (Å²) in [7, 11) is 0. The lowest BCUT2D eigenvalue weighted by molar-refractivity contribution is -0.138. The molecule has 1 saturated carbocycles. The number of aliphatic hydroxyl groups is 1. The molecule has 1 aromatic carbocycles. The Labute approximate surface area is 104 Å². The quantitative estimate of drug-likeness (QED) is 0.717. The monoisotopic (exact) mass is 253 g/mol. The minimum absolute atomic E-state index is 0.158. The molecule has 0 bridgehead atoms. The first-order valence-electron chi connectivity index (χ1n) is 5.97. The van der Waals surface area contributed by atoms with Gasteiger partial charge in [-0.25, -0.2) is 4.39 Å². The van der Waals surface area contributed by atoms with Crippen molar-refractivity contribution >= 4 is 5.97 Å². The Morgan fingerprint density at radius 3 is 2.50 bits per heavy atom. The summed E-state index contributed by atoms with van der Waals surface area (Å²) >= 11 is 0. The van der Waals surface area contributed by atoms with Gasteiger partial charge in [0.25, 0.3) is 0 Å². The topological polar surface area (TPSA) is 69.6 Å². The second kappa shape index (κ2) is 5.46. The van der Waals surface area contributed by atoms with Gasteiger partial charge in [0.1, 0.15) is 5.82 Å². The molecule has 0 amide bonds. The summed E-state index contributed by atoms with van der Waals surface area (Å²) in [6.07, 6.45) is 0.912. The molecule has 4 nitrogen and oxygen atoms in total. The van der Waals surface area contributed by atoms with Crippen LogP contribution in [0.2, 0.25) is 0 Å². The number of carboxylic acids is 1. The second-order valence-corrected chi connectivity index (χ2v) is 4.64. The number of carboxylic acid groups (broad SMARTS) is 1. The van der Waals surface area contributed by atoms with Crippen LogP contribution >= 0.6 is 0 Å². The molecule has 1 aliphatic carbocycles. The lowest BCUT2D eigenvalue weighted by Crippen LogP contribution is -2.38. The Bertz CT molecular complexity index is 417. The van der Waals surface area contributed by atoms with Crippen LogP contribution in [0.3, 0.4) is 0 Å². The third-order valence-electron chi connectivity index (χ3n) is 3.01. The number of aliphatic carboxylic acids is 1. The average Bonchev–Trinajstić information content (AvgIpc) is 3.12. The molecule has 1 aromatic rings. The number of benzene rings is 1. The van der Waals surface area contributed by atoms with Gasteiger partial charge in [0.05, 0.1) is 12.5 Å². The van der Waals surface area contributed by atoms with Gasteiger partial charge in [0.2, 0.25) is 0 Å². The maximum atomic E-state index is 12.8. The lowest BCUT2D eigenvalue weighted by atomic mass is 9.99. The number of hydrogen-bond acceptors (Lipinski definition) is 3. The van der Waals surface area contributed by atoms with Crippen molar-refractivity contribution in [2.45, 2.75) is 37.5 Å². The number of hydrogen-bond donors (Lipinski definition) is 3. The fraction of sp³-hybridized carbons (Fsp3) is 0.462. The summed E-state index contributed by atoms with van der Waals surface area (Å²) < 4.78 is 12.8. The van der Waals surface area contributed by atoms with Crippen LogP contribution in [0.5, 0.6) is 0 Å². The second-order valence-electron chi connectivity index (χ2n) is 4.64. The first-order chi connectivity index (χ1) is 8.56. The van der Waals surface area contributed by atoms with E-state index in [1.54, 1.807) is 0 Å². The molecule has 98 valence electrons. The first-order valence-corrected chi connectivity index (χ1v) is 5.97. The van der Waals surface area contributed by atoms with E-state index < -0.39 is 18.1 Å². The summed E-state index contributed by atoms with van der Waals surface area (Å²) in [4.78, 5) is 10.8. The van der Waals surface area contributed by atoms with Crippen LogP contribution in [0.4, 0.5) is 4.39 Å². The van der Waals surface area contributed by atoms with Gasteiger partial charge >= 0.3 is 5.97 Å². The fourth-order valence-corrected chi connectivity index (χ4v) is 1.89. The van der Waals surface area contributed by atoms with Crippen molar-refractivity contribution in [2.24, 2.45) is 0 Å². The predicted molar refractivity (Wildman–Crippen MR) is 63.6 cm³/mol. The minimum Gasteiger partial charge on any atom is -0.481 e. The van der Waals surface area contributed by atoms with E-state index in [1.807, 2.05) is 0 Å². The minimum atomic E-state index is -0.964. The Hall–Kier alpha value is -1.46. The van der Waals surface area contributed by atoms with E-state index in [-0.39, 0.29) is 12.2 Å². The molecule has 0 heterocycles. The Morgan fingerprint density at radius 2 is 2.00 bits per heavy atom. The van der Waals surface area contributed by atoms with E-state index in [0.717, 1.165) is 12.8 Å². The predicted octanol–water partition coefficient (Wildman–Crippen LogP) is 1.45. The highest BCUT2D eigenvalue weighted by molar-refractivity contribution is 5.67. The molecule has 0 aromatic heterocycles. The van der Waals surface area contributed by atoms with E-state index in [0.29, 0.717) is 11.6 Å². The summed E-state index contributed by atoms with van der Waals surface area (Å²) in [5, 5.41) is 22.1. The number of aliphatic hydroxyl groups excluding tert-OH is 1. The number of rotatable bonds is 6. The molecule has 0 radical (unpaired) electrons. The normalized spacial score (nSPS) is 18.3. The molecular formula is C13H16FNO3. The molecule has 2 rings (SSSR count). The Morgan fingerprint density at radius 1 is 1.39 bits per heavy atom. The van der Waals surface area contributed by atoms with Crippen molar-refractivity contribution in [2.75, 3.05) is 0 Å². The van der Waals surface area contributed by atoms with Crippen molar-refractivity contribution in [1.82, 2.24) is 5.32 Å². The van der Waals surface area contributed by atoms with Gasteiger partial charge in [-0.2, -0.15) is 0 Å². The smallest absolute Gasteiger partial charge is 0.305 e. The van der Waals surface area contributed by atoms with Crippen LogP contribution < -0.4 is 5.32 Å². The molecule has 1 fully saturated rings. The summed E-state index contributed by atoms with van der Waals surface area (Å²) in [6.45, 7) is 0. The van der Waals surface area contributed by atoms with Gasteiger partial charge in [-0.1, -0.05) is 12.1 Å². The van der Waals surface area contributed by atoms with Crippen LogP contribution in [-0.2, 0) is 4.79 Å². The van der Waals surface area contributed by atoms with Gasteiger partial charge in [-0.05, 0) is 30.5 Å². The van der Waals surface area contributed by atoms with Crippen LogP contribution in [0.25, 0.3) is 0 Å². The molecule has 18 heavy (non-hydrogen) atoms. The highest BCUT2D eigenvalue weighted by atomic mass is 19.1. The van der Waals surface area contributed by atoms with Crippen molar-refractivity contribution in [1.29, 1.82) is 0 Å². The van der Waals surface area contributed by atoms with Gasteiger partial charge in [-0.3, -0.25) is 4.79 Å². The highest BCUT2D eigenvalue weighted by Crippen LogP contribution is 2.25. The van der Waals surface area contributed by atoms with Crippen LogP contribution in [0.15, 0.2) is 24.3 Å². The molecule has 2 unspecified atom stereocenters. The molecule has 1 aliphatic rings. The fourth-order valence-electron chi connectivity index (χ4n) is 1.89. The van der Waals surface area contributed by atoms with Crippen molar-refractivity contribution in [3.63, 3.8) is 0 Å². The average molecular weight is 253 g/mol. The van der Waals surface area contributed by atoms with Gasteiger partial charge < -0.3 is 15.5 Å². The van der Waals surface area contributed by atoms with E-state index in [4.69, 9.17) is 5.11 Å². The summed E-state index contributed by atoms with van der Waals surface area (Å²) in [5.41, 5.74) is 0.524. The van der Waals surface area contributed by atoms with E-state index >= 15 is 0 Å². The summed E-state index contributed by atoms with van der Waals surface area (Å²) in [5.74, 6) is -1.34. The molecule has 0 saturated heterocycles. The summed E-state index contributed by atoms with van der Waals surface area (Å²) in [6, 6.07) is 5.22. The van der Waals surface area contributed by atoms with Gasteiger partial charge in [-0.15, -0.1) is 0 Å². The van der Waals surface area contributed by atoms with Gasteiger partial charge in [0.15, 0.2) is 0 Å². The zero-order chi connectivity index (χ0) is 13.1. The van der Waals surface area contributed by atoms with Gasteiger partial charge in [0, 0.05) is 12.1 Å². The van der Waals surface area contributed by atoms with Crippen molar-refractivity contribution < 1.29 is 19.4 Å². The third-order valence-corrected chi connectivity index (χ3v) is 3.01. The van der Waals surface area contributed by atoms with E-state index in [9.17, 15) is 14.3 Å². The highest BCUT2D eigenvalue weighted by Gasteiger charge is 2.30. The Balaban J connectivity index is 2.07. The lowest BCUT2D eigenvalue weighted by Gasteiger charge is -2.23. The third kappa shape index (κ3) is 3.51. The first kappa shape index (κ1) is 13.0. The Kier molecular flexibility index (Phi) is 3.93. The number of halogens is 1. The van der Waals surface area contributed by atoms with Crippen LogP contribution in [-0.4, -0.2) is 28.3 Å². The van der Waals surface area contributed by atoms with Crippen molar-refractivity contribution in [3.05, 3.63) is 35.6 Å². The zero-order valence-electron chi connectivity index (χ0n) is 9.84. The van der Waals surface area contributed by atoms with E-state index in [1.165, 1.54) is 24.3 Å². The van der Waals surface area contributed by atoms with Crippen LogP contribution in [0, 0.1) is 5.82 Å². The van der Waals surface area contributed by atoms with E-state index in [2.05, 4.69) is 5.32 Å². The largest absolute Gasteiger partial charge is 0.481 e. The SMILES string of the molecule is O=C(O)CC(NC1CC1)C(O)c1ccc(F)cc1.